The Bertz CT molecular complexity index is 350. The van der Waals surface area contributed by atoms with Crippen LogP contribution in [-0.2, 0) is 11.2 Å². The second-order valence-corrected chi connectivity index (χ2v) is 5.68. The first-order valence-electron chi connectivity index (χ1n) is 6.18. The highest BCUT2D eigenvalue weighted by Gasteiger charge is 2.25. The predicted molar refractivity (Wildman–Crippen MR) is 72.7 cm³/mol. The van der Waals surface area contributed by atoms with Crippen molar-refractivity contribution in [3.05, 3.63) is 22.4 Å². The van der Waals surface area contributed by atoms with Crippen LogP contribution in [0.3, 0.4) is 0 Å². The Hall–Kier alpha value is -0.540. The van der Waals surface area contributed by atoms with E-state index in [2.05, 4.69) is 5.38 Å². The third kappa shape index (κ3) is 3.46. The lowest BCUT2D eigenvalue weighted by Crippen LogP contribution is -2.44. The van der Waals surface area contributed by atoms with E-state index in [1.807, 2.05) is 16.3 Å². The summed E-state index contributed by atoms with van der Waals surface area (Å²) in [6.45, 7) is 0.907. The van der Waals surface area contributed by atoms with E-state index in [0.717, 1.165) is 31.4 Å². The van der Waals surface area contributed by atoms with Gasteiger partial charge in [-0.05, 0) is 48.1 Å². The molecule has 0 N–H and O–H groups in total. The molecule has 1 aliphatic heterocycles. The molecule has 1 fully saturated rings. The van der Waals surface area contributed by atoms with Crippen LogP contribution < -0.4 is 0 Å². The quantitative estimate of drug-likeness (QED) is 0.770. The largest absolute Gasteiger partial charge is 0.339 e. The monoisotopic (exact) mass is 271 g/mol. The maximum atomic E-state index is 12.2. The number of amides is 1. The standard InChI is InChI=1S/C13H18ClNOS/c14-6-4-12-3-1-2-7-15(12)13(16)9-11-5-8-17-10-11/h5,8,10,12H,1-4,6-7,9H2. The number of thiophene rings is 1. The van der Waals surface area contributed by atoms with Crippen molar-refractivity contribution in [1.29, 1.82) is 0 Å². The molecule has 2 rings (SSSR count). The molecule has 1 unspecified atom stereocenters. The van der Waals surface area contributed by atoms with Crippen molar-refractivity contribution in [2.24, 2.45) is 0 Å². The van der Waals surface area contributed by atoms with Crippen LogP contribution in [0.2, 0.25) is 0 Å². The first kappa shape index (κ1) is 12.9. The number of halogens is 1. The Morgan fingerprint density at radius 2 is 2.41 bits per heavy atom. The van der Waals surface area contributed by atoms with E-state index in [1.165, 1.54) is 6.42 Å². The maximum absolute atomic E-state index is 12.2. The molecule has 0 aromatic carbocycles. The van der Waals surface area contributed by atoms with E-state index in [4.69, 9.17) is 11.6 Å². The van der Waals surface area contributed by atoms with Crippen LogP contribution in [0.4, 0.5) is 0 Å². The van der Waals surface area contributed by atoms with Gasteiger partial charge in [0.2, 0.25) is 5.91 Å². The summed E-state index contributed by atoms with van der Waals surface area (Å²) in [5.74, 6) is 0.908. The Balaban J connectivity index is 1.96. The molecule has 1 saturated heterocycles. The van der Waals surface area contributed by atoms with Gasteiger partial charge in [-0.1, -0.05) is 0 Å². The first-order chi connectivity index (χ1) is 8.31. The van der Waals surface area contributed by atoms with E-state index >= 15 is 0 Å². The summed E-state index contributed by atoms with van der Waals surface area (Å²) >= 11 is 7.46. The molecule has 2 heterocycles. The van der Waals surface area contributed by atoms with Gasteiger partial charge in [-0.15, -0.1) is 11.6 Å². The second-order valence-electron chi connectivity index (χ2n) is 4.52. The molecule has 1 aromatic rings. The summed E-state index contributed by atoms with van der Waals surface area (Å²) in [6.07, 6.45) is 4.94. The van der Waals surface area contributed by atoms with Crippen molar-refractivity contribution in [3.63, 3.8) is 0 Å². The third-order valence-electron chi connectivity index (χ3n) is 3.33. The van der Waals surface area contributed by atoms with Crippen LogP contribution in [0.25, 0.3) is 0 Å². The minimum Gasteiger partial charge on any atom is -0.339 e. The van der Waals surface area contributed by atoms with Crippen molar-refractivity contribution in [2.45, 2.75) is 38.1 Å². The predicted octanol–water partition coefficient (Wildman–Crippen LogP) is 3.30. The van der Waals surface area contributed by atoms with Crippen molar-refractivity contribution < 1.29 is 4.79 Å². The summed E-state index contributed by atoms with van der Waals surface area (Å²) < 4.78 is 0. The Labute approximate surface area is 112 Å². The molecule has 94 valence electrons. The fraction of sp³-hybridized carbons (Fsp3) is 0.615. The van der Waals surface area contributed by atoms with Crippen LogP contribution in [0.15, 0.2) is 16.8 Å². The lowest BCUT2D eigenvalue weighted by molar-refractivity contribution is -0.134. The van der Waals surface area contributed by atoms with Crippen molar-refractivity contribution >= 4 is 28.8 Å². The van der Waals surface area contributed by atoms with Gasteiger partial charge in [0.1, 0.15) is 0 Å². The molecule has 0 radical (unpaired) electrons. The molecule has 2 nitrogen and oxygen atoms in total. The SMILES string of the molecule is O=C(Cc1ccsc1)N1CCCCC1CCCl. The van der Waals surface area contributed by atoms with Gasteiger partial charge in [-0.2, -0.15) is 11.3 Å². The molecule has 0 bridgehead atoms. The molecule has 0 aliphatic carbocycles. The highest BCUT2D eigenvalue weighted by Crippen LogP contribution is 2.21. The average Bonchev–Trinajstić information content (AvgIpc) is 2.83. The van der Waals surface area contributed by atoms with E-state index in [9.17, 15) is 4.79 Å². The lowest BCUT2D eigenvalue weighted by Gasteiger charge is -2.35. The maximum Gasteiger partial charge on any atom is 0.227 e. The number of carbonyl (C=O) groups is 1. The average molecular weight is 272 g/mol. The summed E-state index contributed by atoms with van der Waals surface area (Å²) in [4.78, 5) is 14.3. The van der Waals surface area contributed by atoms with Crippen molar-refractivity contribution in [3.8, 4) is 0 Å². The molecule has 1 atom stereocenters. The van der Waals surface area contributed by atoms with Gasteiger partial charge in [-0.3, -0.25) is 4.79 Å². The number of hydrogen-bond donors (Lipinski definition) is 0. The van der Waals surface area contributed by atoms with Gasteiger partial charge in [0.15, 0.2) is 0 Å². The molecule has 0 saturated carbocycles. The smallest absolute Gasteiger partial charge is 0.227 e. The highest BCUT2D eigenvalue weighted by atomic mass is 35.5. The topological polar surface area (TPSA) is 20.3 Å². The number of likely N-dealkylation sites (tertiary alicyclic amines) is 1. The van der Waals surface area contributed by atoms with Gasteiger partial charge in [0.25, 0.3) is 0 Å². The molecule has 4 heteroatoms. The zero-order valence-electron chi connectivity index (χ0n) is 9.90. The number of rotatable bonds is 4. The van der Waals surface area contributed by atoms with Crippen LogP contribution >= 0.6 is 22.9 Å². The fourth-order valence-electron chi connectivity index (χ4n) is 2.42. The summed E-state index contributed by atoms with van der Waals surface area (Å²) in [5.41, 5.74) is 1.13. The van der Waals surface area contributed by atoms with Crippen LogP contribution in [0.5, 0.6) is 0 Å². The van der Waals surface area contributed by atoms with Crippen molar-refractivity contribution in [2.75, 3.05) is 12.4 Å². The summed E-state index contributed by atoms with van der Waals surface area (Å²) in [5, 5.41) is 4.08. The minimum absolute atomic E-state index is 0.262. The number of nitrogens with zero attached hydrogens (tertiary/aromatic N) is 1. The van der Waals surface area contributed by atoms with Gasteiger partial charge < -0.3 is 4.90 Å². The molecule has 1 amide bonds. The van der Waals surface area contributed by atoms with E-state index < -0.39 is 0 Å². The van der Waals surface area contributed by atoms with E-state index in [-0.39, 0.29) is 5.91 Å². The first-order valence-corrected chi connectivity index (χ1v) is 7.65. The zero-order valence-corrected chi connectivity index (χ0v) is 11.5. The molecule has 17 heavy (non-hydrogen) atoms. The molecule has 1 aromatic heterocycles. The zero-order chi connectivity index (χ0) is 12.1. The molecule has 1 aliphatic rings. The van der Waals surface area contributed by atoms with Gasteiger partial charge in [0, 0.05) is 18.5 Å². The fourth-order valence-corrected chi connectivity index (χ4v) is 3.34. The van der Waals surface area contributed by atoms with E-state index in [1.54, 1.807) is 11.3 Å². The Kier molecular flexibility index (Phi) is 4.86. The Morgan fingerprint density at radius 3 is 3.12 bits per heavy atom. The van der Waals surface area contributed by atoms with Gasteiger partial charge >= 0.3 is 0 Å². The van der Waals surface area contributed by atoms with Crippen LogP contribution in [0, 0.1) is 0 Å². The van der Waals surface area contributed by atoms with Gasteiger partial charge in [0.05, 0.1) is 6.42 Å². The normalized spacial score (nSPS) is 20.5. The second kappa shape index (κ2) is 6.41. The molecular formula is C13H18ClNOS. The van der Waals surface area contributed by atoms with Crippen LogP contribution in [0.1, 0.15) is 31.2 Å². The summed E-state index contributed by atoms with van der Waals surface area (Å²) in [6, 6.07) is 2.40. The minimum atomic E-state index is 0.262. The highest BCUT2D eigenvalue weighted by molar-refractivity contribution is 7.07. The number of hydrogen-bond acceptors (Lipinski definition) is 2. The number of piperidine rings is 1. The third-order valence-corrected chi connectivity index (χ3v) is 4.28. The van der Waals surface area contributed by atoms with Crippen molar-refractivity contribution in [1.82, 2.24) is 4.90 Å². The molecular weight excluding hydrogens is 254 g/mol. The van der Waals surface area contributed by atoms with Crippen LogP contribution in [-0.4, -0.2) is 29.3 Å². The summed E-state index contributed by atoms with van der Waals surface area (Å²) in [7, 11) is 0. The Morgan fingerprint density at radius 1 is 1.53 bits per heavy atom. The molecule has 0 spiro atoms. The number of alkyl halides is 1. The van der Waals surface area contributed by atoms with Gasteiger partial charge in [-0.25, -0.2) is 0 Å². The number of carbonyl (C=O) groups excluding carboxylic acids is 1. The lowest BCUT2D eigenvalue weighted by atomic mass is 9.99. The van der Waals surface area contributed by atoms with E-state index in [0.29, 0.717) is 18.3 Å².